The molecule has 0 spiro atoms. The Morgan fingerprint density at radius 1 is 1.09 bits per heavy atom. The molecule has 176 valence electrons. The summed E-state index contributed by atoms with van der Waals surface area (Å²) in [7, 11) is 2.13. The van der Waals surface area contributed by atoms with Crippen molar-refractivity contribution in [3.05, 3.63) is 60.3 Å². The molecule has 34 heavy (non-hydrogen) atoms. The SMILES string of the molecule is C[C@@H]1CN(c2ccc(C#N)c3ncccc23)C[C@H](CN(C)c2ccc(N3CCNCC3)cc2)O1. The lowest BCUT2D eigenvalue weighted by Crippen LogP contribution is -2.50. The summed E-state index contributed by atoms with van der Waals surface area (Å²) >= 11 is 0. The molecule has 2 aliphatic rings. The zero-order chi connectivity index (χ0) is 23.5. The van der Waals surface area contributed by atoms with Crippen molar-refractivity contribution in [3.63, 3.8) is 0 Å². The highest BCUT2D eigenvalue weighted by Crippen LogP contribution is 2.30. The van der Waals surface area contributed by atoms with Gasteiger partial charge in [0.2, 0.25) is 0 Å². The van der Waals surface area contributed by atoms with E-state index in [-0.39, 0.29) is 12.2 Å². The second kappa shape index (κ2) is 9.88. The van der Waals surface area contributed by atoms with E-state index in [2.05, 4.69) is 81.4 Å². The van der Waals surface area contributed by atoms with Crippen molar-refractivity contribution in [2.45, 2.75) is 19.1 Å². The molecule has 1 aromatic heterocycles. The van der Waals surface area contributed by atoms with Gasteiger partial charge in [0.05, 0.1) is 23.3 Å². The maximum Gasteiger partial charge on any atom is 0.101 e. The normalized spacial score (nSPS) is 20.9. The molecule has 3 heterocycles. The van der Waals surface area contributed by atoms with Crippen molar-refractivity contribution in [2.24, 2.45) is 0 Å². The summed E-state index contributed by atoms with van der Waals surface area (Å²) in [6.45, 7) is 8.74. The van der Waals surface area contributed by atoms with Gasteiger partial charge >= 0.3 is 0 Å². The van der Waals surface area contributed by atoms with E-state index in [9.17, 15) is 5.26 Å². The van der Waals surface area contributed by atoms with E-state index in [4.69, 9.17) is 4.74 Å². The van der Waals surface area contributed by atoms with Crippen molar-refractivity contribution >= 4 is 28.0 Å². The second-order valence-electron chi connectivity index (χ2n) is 9.25. The largest absolute Gasteiger partial charge is 0.372 e. The summed E-state index contributed by atoms with van der Waals surface area (Å²) in [5.41, 5.74) is 4.97. The third-order valence-electron chi connectivity index (χ3n) is 6.78. The molecule has 3 aromatic rings. The fourth-order valence-electron chi connectivity index (χ4n) is 5.12. The van der Waals surface area contributed by atoms with Crippen LogP contribution in [-0.2, 0) is 4.74 Å². The average molecular weight is 457 g/mol. The number of aromatic nitrogens is 1. The van der Waals surface area contributed by atoms with E-state index in [0.717, 1.165) is 62.4 Å². The van der Waals surface area contributed by atoms with Crippen LogP contribution in [0.2, 0.25) is 0 Å². The molecule has 2 aliphatic heterocycles. The molecular formula is C27H32N6O. The van der Waals surface area contributed by atoms with E-state index in [0.29, 0.717) is 5.56 Å². The molecule has 0 radical (unpaired) electrons. The number of hydrogen-bond acceptors (Lipinski definition) is 7. The molecule has 7 heteroatoms. The Kier molecular flexibility index (Phi) is 6.52. The first-order valence-electron chi connectivity index (χ1n) is 12.1. The Balaban J connectivity index is 1.30. The minimum absolute atomic E-state index is 0.0731. The third kappa shape index (κ3) is 4.65. The summed E-state index contributed by atoms with van der Waals surface area (Å²) < 4.78 is 6.34. The smallest absolute Gasteiger partial charge is 0.101 e. The van der Waals surface area contributed by atoms with Gasteiger partial charge in [0, 0.05) is 81.5 Å². The molecule has 0 saturated carbocycles. The van der Waals surface area contributed by atoms with Crippen LogP contribution in [0.3, 0.4) is 0 Å². The lowest BCUT2D eigenvalue weighted by molar-refractivity contribution is -0.0108. The number of piperazine rings is 1. The molecule has 2 saturated heterocycles. The number of nitriles is 1. The highest BCUT2D eigenvalue weighted by atomic mass is 16.5. The van der Waals surface area contributed by atoms with Gasteiger partial charge in [-0.3, -0.25) is 4.98 Å². The second-order valence-corrected chi connectivity index (χ2v) is 9.25. The predicted molar refractivity (Wildman–Crippen MR) is 138 cm³/mol. The van der Waals surface area contributed by atoms with Crippen molar-refractivity contribution in [1.82, 2.24) is 10.3 Å². The van der Waals surface area contributed by atoms with E-state index < -0.39 is 0 Å². The minimum Gasteiger partial charge on any atom is -0.372 e. The van der Waals surface area contributed by atoms with Crippen molar-refractivity contribution in [2.75, 3.05) is 67.6 Å². The zero-order valence-corrected chi connectivity index (χ0v) is 19.9. The number of hydrogen-bond donors (Lipinski definition) is 1. The molecule has 1 N–H and O–H groups in total. The Morgan fingerprint density at radius 2 is 1.88 bits per heavy atom. The van der Waals surface area contributed by atoms with Crippen LogP contribution in [0.15, 0.2) is 54.7 Å². The molecule has 0 unspecified atom stereocenters. The molecule has 5 rings (SSSR count). The maximum atomic E-state index is 9.48. The fraction of sp³-hybridized carbons (Fsp3) is 0.407. The van der Waals surface area contributed by atoms with Crippen LogP contribution >= 0.6 is 0 Å². The van der Waals surface area contributed by atoms with Crippen molar-refractivity contribution < 1.29 is 4.74 Å². The van der Waals surface area contributed by atoms with Crippen LogP contribution in [0.4, 0.5) is 17.1 Å². The van der Waals surface area contributed by atoms with Crippen LogP contribution in [0, 0.1) is 11.3 Å². The van der Waals surface area contributed by atoms with Gasteiger partial charge < -0.3 is 24.8 Å². The van der Waals surface area contributed by atoms with Gasteiger partial charge in [-0.15, -0.1) is 0 Å². The topological polar surface area (TPSA) is 67.7 Å². The number of rotatable bonds is 5. The summed E-state index contributed by atoms with van der Waals surface area (Å²) in [6.07, 6.45) is 1.94. The first-order chi connectivity index (χ1) is 16.6. The Hall–Kier alpha value is -3.34. The first kappa shape index (κ1) is 22.5. The number of morpholine rings is 1. The van der Waals surface area contributed by atoms with Gasteiger partial charge in [0.15, 0.2) is 0 Å². The fourth-order valence-corrected chi connectivity index (χ4v) is 5.12. The first-order valence-corrected chi connectivity index (χ1v) is 12.1. The van der Waals surface area contributed by atoms with Gasteiger partial charge in [0.25, 0.3) is 0 Å². The monoisotopic (exact) mass is 456 g/mol. The molecule has 2 fully saturated rings. The van der Waals surface area contributed by atoms with Gasteiger partial charge in [-0.25, -0.2) is 0 Å². The molecule has 0 bridgehead atoms. The van der Waals surface area contributed by atoms with Gasteiger partial charge in [0.1, 0.15) is 6.07 Å². The van der Waals surface area contributed by atoms with E-state index in [1.165, 1.54) is 11.4 Å². The Labute approximate surface area is 201 Å². The number of pyridine rings is 1. The lowest BCUT2D eigenvalue weighted by atomic mass is 10.1. The minimum atomic E-state index is 0.0731. The van der Waals surface area contributed by atoms with Gasteiger partial charge in [-0.05, 0) is 55.5 Å². The summed E-state index contributed by atoms with van der Waals surface area (Å²) in [5, 5.41) is 13.9. The van der Waals surface area contributed by atoms with Gasteiger partial charge in [-0.2, -0.15) is 5.26 Å². The van der Waals surface area contributed by atoms with Crippen LogP contribution in [0.25, 0.3) is 10.9 Å². The van der Waals surface area contributed by atoms with Crippen LogP contribution in [-0.4, -0.2) is 70.1 Å². The average Bonchev–Trinajstić information content (AvgIpc) is 2.88. The lowest BCUT2D eigenvalue weighted by Gasteiger charge is -2.40. The molecule has 2 aromatic carbocycles. The molecular weight excluding hydrogens is 424 g/mol. The molecule has 0 amide bonds. The number of fused-ring (bicyclic) bond motifs is 1. The molecule has 2 atom stereocenters. The van der Waals surface area contributed by atoms with Crippen LogP contribution in [0.1, 0.15) is 12.5 Å². The molecule has 7 nitrogen and oxygen atoms in total. The highest BCUT2D eigenvalue weighted by molar-refractivity contribution is 5.95. The summed E-state index contributed by atoms with van der Waals surface area (Å²) in [5.74, 6) is 0. The molecule has 0 aliphatic carbocycles. The number of nitrogens with one attached hydrogen (secondary N) is 1. The standard InChI is InChI=1S/C27H32N6O/c1-20-17-33(26-10-5-21(16-28)27-25(26)4-3-11-30-27)19-24(34-20)18-31(2)22-6-8-23(9-7-22)32-14-12-29-13-15-32/h3-11,20,24,29H,12-15,17-19H2,1-2H3/t20-,24+/m1/s1. The van der Waals surface area contributed by atoms with Crippen LogP contribution in [0.5, 0.6) is 0 Å². The Morgan fingerprint density at radius 3 is 2.65 bits per heavy atom. The zero-order valence-electron chi connectivity index (χ0n) is 19.9. The van der Waals surface area contributed by atoms with E-state index in [1.807, 2.05) is 12.1 Å². The van der Waals surface area contributed by atoms with E-state index >= 15 is 0 Å². The van der Waals surface area contributed by atoms with Crippen molar-refractivity contribution in [1.29, 1.82) is 5.26 Å². The summed E-state index contributed by atoms with van der Waals surface area (Å²) in [6, 6.07) is 19.1. The predicted octanol–water partition coefficient (Wildman–Crippen LogP) is 3.25. The number of benzene rings is 2. The Bertz CT molecular complexity index is 1170. The number of nitrogens with zero attached hydrogens (tertiary/aromatic N) is 5. The van der Waals surface area contributed by atoms with E-state index in [1.54, 1.807) is 6.20 Å². The van der Waals surface area contributed by atoms with Crippen molar-refractivity contribution in [3.8, 4) is 6.07 Å². The summed E-state index contributed by atoms with van der Waals surface area (Å²) in [4.78, 5) is 11.6. The van der Waals surface area contributed by atoms with Crippen LogP contribution < -0.4 is 20.0 Å². The van der Waals surface area contributed by atoms with Gasteiger partial charge in [-0.1, -0.05) is 0 Å². The maximum absolute atomic E-state index is 9.48. The number of likely N-dealkylation sites (N-methyl/N-ethyl adjacent to an activating group) is 1. The quantitative estimate of drug-likeness (QED) is 0.632. The third-order valence-corrected chi connectivity index (χ3v) is 6.78. The number of anilines is 3. The number of ether oxygens (including phenoxy) is 1. The highest BCUT2D eigenvalue weighted by Gasteiger charge is 2.28.